The molecule has 2 N–H and O–H groups in total. The Labute approximate surface area is 194 Å². The molecule has 1 heterocycles. The van der Waals surface area contributed by atoms with Crippen LogP contribution in [0.1, 0.15) is 49.2 Å². The first-order valence-corrected chi connectivity index (χ1v) is 11.5. The molecule has 3 aromatic carbocycles. The smallest absolute Gasteiger partial charge is 0.336 e. The summed E-state index contributed by atoms with van der Waals surface area (Å²) in [5.74, 6) is 0.518. The molecule has 0 saturated heterocycles. The molecule has 0 radical (unpaired) electrons. The number of aromatic carboxylic acids is 1. The van der Waals surface area contributed by atoms with Crippen molar-refractivity contribution in [3.63, 3.8) is 0 Å². The Balaban J connectivity index is 2.04. The van der Waals surface area contributed by atoms with Gasteiger partial charge in [-0.15, -0.1) is 0 Å². The van der Waals surface area contributed by atoms with E-state index in [2.05, 4.69) is 49.2 Å². The van der Waals surface area contributed by atoms with E-state index in [1.807, 2.05) is 37.3 Å². The van der Waals surface area contributed by atoms with Crippen LogP contribution in [-0.2, 0) is 0 Å². The average Bonchev–Trinajstić information content (AvgIpc) is 2.83. The van der Waals surface area contributed by atoms with Crippen molar-refractivity contribution in [1.82, 2.24) is 5.32 Å². The van der Waals surface area contributed by atoms with Gasteiger partial charge in [0, 0.05) is 53.4 Å². The predicted octanol–water partition coefficient (Wildman–Crippen LogP) is 4.32. The fourth-order valence-electron chi connectivity index (χ4n) is 4.44. The monoisotopic (exact) mass is 442 g/mol. The lowest BCUT2D eigenvalue weighted by atomic mass is 9.89. The number of hydrogen-bond donors (Lipinski definition) is 2. The van der Waals surface area contributed by atoms with Gasteiger partial charge in [-0.2, -0.15) is 0 Å². The highest BCUT2D eigenvalue weighted by atomic mass is 16.5. The normalized spacial score (nSPS) is 12.9. The van der Waals surface area contributed by atoms with E-state index >= 15 is 0 Å². The quantitative estimate of drug-likeness (QED) is 0.446. The molecule has 1 aliphatic rings. The summed E-state index contributed by atoms with van der Waals surface area (Å²) in [6, 6.07) is 19.5. The molecule has 0 spiro atoms. The summed E-state index contributed by atoms with van der Waals surface area (Å²) in [5, 5.41) is 15.2. The zero-order valence-corrected chi connectivity index (χ0v) is 19.6. The standard InChI is InChI=1S/C28H30N2O3/c1-5-29-18(4)19-12-14-23-25(16-19)33-26-17-20(30(6-2)7-3)13-15-24(26)27(23)21-10-8-9-11-22(21)28(31)32/h8-17,29H,5-7H2,1-4H3,(H,31,32). The van der Waals surface area contributed by atoms with E-state index in [-0.39, 0.29) is 5.56 Å². The zero-order chi connectivity index (χ0) is 23.5. The number of rotatable bonds is 7. The van der Waals surface area contributed by atoms with E-state index in [1.165, 1.54) is 0 Å². The molecule has 4 rings (SSSR count). The number of carbonyl (C=O) groups is 1. The van der Waals surface area contributed by atoms with Crippen molar-refractivity contribution >= 4 is 22.9 Å². The Kier molecular flexibility index (Phi) is 6.40. The summed E-state index contributed by atoms with van der Waals surface area (Å²) in [7, 11) is 0. The molecule has 1 aliphatic heterocycles. The van der Waals surface area contributed by atoms with Crippen LogP contribution in [0.15, 0.2) is 60.7 Å². The van der Waals surface area contributed by atoms with Crippen LogP contribution in [0.4, 0.5) is 5.69 Å². The van der Waals surface area contributed by atoms with Gasteiger partial charge in [0.05, 0.1) is 5.56 Å². The molecular weight excluding hydrogens is 412 g/mol. The number of fused-ring (bicyclic) bond motifs is 2. The van der Waals surface area contributed by atoms with Crippen molar-refractivity contribution in [2.75, 3.05) is 24.5 Å². The SMILES string of the molecule is CCNC(C)=c1ccc2c(c1)Oc1cc(N(CC)CC)ccc1C=2c1ccccc1C(=O)O. The molecule has 33 heavy (non-hydrogen) atoms. The van der Waals surface area contributed by atoms with Crippen molar-refractivity contribution < 1.29 is 14.6 Å². The van der Waals surface area contributed by atoms with Crippen LogP contribution >= 0.6 is 0 Å². The zero-order valence-electron chi connectivity index (χ0n) is 19.6. The van der Waals surface area contributed by atoms with Crippen LogP contribution in [-0.4, -0.2) is 30.7 Å². The second kappa shape index (κ2) is 9.41. The molecule has 170 valence electrons. The lowest BCUT2D eigenvalue weighted by Gasteiger charge is -2.26. The van der Waals surface area contributed by atoms with Crippen molar-refractivity contribution in [2.45, 2.75) is 27.7 Å². The Morgan fingerprint density at radius 2 is 1.70 bits per heavy atom. The van der Waals surface area contributed by atoms with Crippen molar-refractivity contribution in [3.8, 4) is 11.5 Å². The maximum Gasteiger partial charge on any atom is 0.336 e. The molecule has 0 aliphatic carbocycles. The predicted molar refractivity (Wildman–Crippen MR) is 134 cm³/mol. The minimum atomic E-state index is -0.944. The van der Waals surface area contributed by atoms with Crippen molar-refractivity contribution in [3.05, 3.63) is 87.8 Å². The van der Waals surface area contributed by atoms with E-state index in [1.54, 1.807) is 12.1 Å². The van der Waals surface area contributed by atoms with Gasteiger partial charge in [0.25, 0.3) is 0 Å². The van der Waals surface area contributed by atoms with Crippen LogP contribution in [0.5, 0.6) is 11.5 Å². The third kappa shape index (κ3) is 4.19. The molecule has 0 fully saturated rings. The molecule has 0 saturated carbocycles. The third-order valence-corrected chi connectivity index (χ3v) is 6.14. The minimum Gasteiger partial charge on any atom is -0.478 e. The fraction of sp³-hybridized carbons (Fsp3) is 0.250. The van der Waals surface area contributed by atoms with Gasteiger partial charge in [-0.05, 0) is 68.8 Å². The second-order valence-electron chi connectivity index (χ2n) is 8.05. The van der Waals surface area contributed by atoms with Crippen LogP contribution < -0.4 is 25.4 Å². The van der Waals surface area contributed by atoms with E-state index in [0.29, 0.717) is 5.56 Å². The Morgan fingerprint density at radius 3 is 2.39 bits per heavy atom. The van der Waals surface area contributed by atoms with Gasteiger partial charge in [0.15, 0.2) is 0 Å². The molecule has 0 bridgehead atoms. The largest absolute Gasteiger partial charge is 0.478 e. The maximum atomic E-state index is 12.1. The summed E-state index contributed by atoms with van der Waals surface area (Å²) in [6.07, 6.45) is 0. The average molecular weight is 443 g/mol. The molecular formula is C28H30N2O3. The lowest BCUT2D eigenvalue weighted by molar-refractivity contribution is 0.0696. The number of carboxylic acid groups (broad SMARTS) is 1. The highest BCUT2D eigenvalue weighted by Crippen LogP contribution is 2.39. The molecule has 0 aromatic heterocycles. The Morgan fingerprint density at radius 1 is 0.939 bits per heavy atom. The fourth-order valence-corrected chi connectivity index (χ4v) is 4.44. The molecule has 0 unspecified atom stereocenters. The maximum absolute atomic E-state index is 12.1. The number of anilines is 1. The van der Waals surface area contributed by atoms with Crippen LogP contribution in [0.3, 0.4) is 0 Å². The first kappa shape index (κ1) is 22.5. The molecule has 3 aromatic rings. The number of nitrogens with one attached hydrogen (secondary N) is 1. The van der Waals surface area contributed by atoms with Crippen LogP contribution in [0, 0.1) is 0 Å². The summed E-state index contributed by atoms with van der Waals surface area (Å²) in [4.78, 5) is 14.3. The summed E-state index contributed by atoms with van der Waals surface area (Å²) >= 11 is 0. The third-order valence-electron chi connectivity index (χ3n) is 6.14. The van der Waals surface area contributed by atoms with E-state index < -0.39 is 5.97 Å². The van der Waals surface area contributed by atoms with Gasteiger partial charge in [-0.25, -0.2) is 4.79 Å². The van der Waals surface area contributed by atoms with Crippen molar-refractivity contribution in [2.24, 2.45) is 0 Å². The second-order valence-corrected chi connectivity index (χ2v) is 8.05. The molecule has 0 atom stereocenters. The number of ether oxygens (including phenoxy) is 1. The molecule has 5 heteroatoms. The van der Waals surface area contributed by atoms with Crippen LogP contribution in [0.25, 0.3) is 11.3 Å². The molecule has 5 nitrogen and oxygen atoms in total. The van der Waals surface area contributed by atoms with Gasteiger partial charge < -0.3 is 20.1 Å². The van der Waals surface area contributed by atoms with Gasteiger partial charge >= 0.3 is 5.97 Å². The molecule has 0 amide bonds. The van der Waals surface area contributed by atoms with Crippen molar-refractivity contribution in [1.29, 1.82) is 0 Å². The summed E-state index contributed by atoms with van der Waals surface area (Å²) in [6.45, 7) is 11.0. The number of hydrogen-bond acceptors (Lipinski definition) is 4. The van der Waals surface area contributed by atoms with Crippen LogP contribution in [0.2, 0.25) is 0 Å². The van der Waals surface area contributed by atoms with Gasteiger partial charge in [0.1, 0.15) is 11.5 Å². The number of carboxylic acids is 1. The lowest BCUT2D eigenvalue weighted by Crippen LogP contribution is -2.25. The Hall–Kier alpha value is -3.73. The minimum absolute atomic E-state index is 0.276. The summed E-state index contributed by atoms with van der Waals surface area (Å²) in [5.41, 5.74) is 4.89. The first-order valence-electron chi connectivity index (χ1n) is 11.5. The van der Waals surface area contributed by atoms with E-state index in [0.717, 1.165) is 64.1 Å². The van der Waals surface area contributed by atoms with E-state index in [9.17, 15) is 9.90 Å². The first-order chi connectivity index (χ1) is 16.0. The topological polar surface area (TPSA) is 61.8 Å². The summed E-state index contributed by atoms with van der Waals surface area (Å²) < 4.78 is 6.44. The highest BCUT2D eigenvalue weighted by molar-refractivity contribution is 5.98. The van der Waals surface area contributed by atoms with Gasteiger partial charge in [0.2, 0.25) is 0 Å². The number of benzene rings is 3. The number of nitrogens with zero attached hydrogens (tertiary/aromatic N) is 1. The Bertz CT molecular complexity index is 1320. The van der Waals surface area contributed by atoms with E-state index in [4.69, 9.17) is 4.74 Å². The van der Waals surface area contributed by atoms with Gasteiger partial charge in [-0.1, -0.05) is 24.3 Å². The highest BCUT2D eigenvalue weighted by Gasteiger charge is 2.24. The van der Waals surface area contributed by atoms with Gasteiger partial charge in [-0.3, -0.25) is 0 Å².